The zero-order chi connectivity index (χ0) is 16.5. The Kier molecular flexibility index (Phi) is 7.98. The average Bonchev–Trinajstić information content (AvgIpc) is 2.50. The van der Waals surface area contributed by atoms with Crippen molar-refractivity contribution in [1.82, 2.24) is 0 Å². The smallest absolute Gasteiger partial charge is 0.364 e. The van der Waals surface area contributed by atoms with Crippen molar-refractivity contribution < 1.29 is 19.6 Å². The van der Waals surface area contributed by atoms with Gasteiger partial charge in [0.15, 0.2) is 12.6 Å². The number of nitrogens with two attached hydrogens (primary N) is 1. The third-order valence-corrected chi connectivity index (χ3v) is 4.16. The number of rotatable bonds is 8. The second-order valence-corrected chi connectivity index (χ2v) is 6.18. The van der Waals surface area contributed by atoms with Crippen molar-refractivity contribution in [3.8, 4) is 0 Å². The number of hydrogen-bond donors (Lipinski definition) is 2. The van der Waals surface area contributed by atoms with Crippen LogP contribution < -0.4 is 10.6 Å². The molecule has 0 aliphatic rings. The number of carbonyl (C=O) groups excluding carboxylic acids is 2. The van der Waals surface area contributed by atoms with Gasteiger partial charge in [0.1, 0.15) is 0 Å². The van der Waals surface area contributed by atoms with E-state index in [1.807, 2.05) is 38.3 Å². The van der Waals surface area contributed by atoms with Gasteiger partial charge < -0.3 is 15.4 Å². The number of aryl methyl sites for hydroxylation is 2. The van der Waals surface area contributed by atoms with Gasteiger partial charge in [0.2, 0.25) is 0 Å². The van der Waals surface area contributed by atoms with Crippen LogP contribution in [-0.2, 0) is 14.3 Å². The Morgan fingerprint density at radius 1 is 1.32 bits per heavy atom. The Bertz CT molecular complexity index is 520. The fourth-order valence-electron chi connectivity index (χ4n) is 2.01. The molecule has 0 aliphatic carbocycles. The van der Waals surface area contributed by atoms with E-state index in [9.17, 15) is 9.59 Å². The minimum Gasteiger partial charge on any atom is -0.465 e. The van der Waals surface area contributed by atoms with Gasteiger partial charge in [-0.25, -0.2) is 4.79 Å². The van der Waals surface area contributed by atoms with Crippen molar-refractivity contribution in [2.75, 3.05) is 31.0 Å². The van der Waals surface area contributed by atoms with Crippen LogP contribution >= 0.6 is 11.8 Å². The molecule has 0 spiro atoms. The molecule has 0 fully saturated rings. The van der Waals surface area contributed by atoms with Crippen molar-refractivity contribution in [1.29, 1.82) is 0 Å². The molecule has 5 nitrogen and oxygen atoms in total. The van der Waals surface area contributed by atoms with E-state index in [2.05, 4.69) is 5.32 Å². The maximum Gasteiger partial charge on any atom is 0.364 e. The first-order chi connectivity index (χ1) is 10.5. The molecule has 0 saturated heterocycles. The lowest BCUT2D eigenvalue weighted by atomic mass is 10.1. The molecule has 1 rings (SSSR count). The minimum atomic E-state index is -0.331. The van der Waals surface area contributed by atoms with Gasteiger partial charge in [-0.15, -0.1) is 0 Å². The molecule has 0 heterocycles. The fraction of sp³-hybridized carbons (Fsp3) is 0.500. The number of benzene rings is 1. The van der Waals surface area contributed by atoms with Gasteiger partial charge in [-0.3, -0.25) is 4.79 Å². The van der Waals surface area contributed by atoms with Crippen LogP contribution in [0.1, 0.15) is 17.5 Å². The maximum atomic E-state index is 12.0. The molecule has 0 radical (unpaired) electrons. The van der Waals surface area contributed by atoms with Gasteiger partial charge in [-0.05, 0) is 49.1 Å². The summed E-state index contributed by atoms with van der Waals surface area (Å²) in [6.45, 7) is 4.23. The summed E-state index contributed by atoms with van der Waals surface area (Å²) < 4.78 is 4.78. The van der Waals surface area contributed by atoms with Gasteiger partial charge in [-0.2, -0.15) is 11.8 Å². The highest BCUT2D eigenvalue weighted by atomic mass is 32.2. The summed E-state index contributed by atoms with van der Waals surface area (Å²) in [5.74, 6) is 0.448. The van der Waals surface area contributed by atoms with Crippen LogP contribution in [0.15, 0.2) is 18.2 Å². The third kappa shape index (κ3) is 6.07. The van der Waals surface area contributed by atoms with Crippen LogP contribution in [0.25, 0.3) is 0 Å². The SMILES string of the molecule is COC(=O)[C@H](CCSC)[NH2+]CC(=O)Nc1ccc(C)c(C)c1. The van der Waals surface area contributed by atoms with Gasteiger partial charge in [0.05, 0.1) is 7.11 Å². The molecule has 0 bridgehead atoms. The predicted molar refractivity (Wildman–Crippen MR) is 90.1 cm³/mol. The largest absolute Gasteiger partial charge is 0.465 e. The molecule has 1 amide bonds. The highest BCUT2D eigenvalue weighted by Gasteiger charge is 2.23. The Morgan fingerprint density at radius 2 is 2.05 bits per heavy atom. The van der Waals surface area contributed by atoms with E-state index in [-0.39, 0.29) is 24.5 Å². The minimum absolute atomic E-state index is 0.124. The molecule has 1 atom stereocenters. The molecule has 0 aromatic heterocycles. The molecule has 6 heteroatoms. The molecular weight excluding hydrogens is 300 g/mol. The summed E-state index contributed by atoms with van der Waals surface area (Å²) in [4.78, 5) is 23.7. The van der Waals surface area contributed by atoms with Crippen molar-refractivity contribution >= 4 is 29.3 Å². The molecule has 1 aromatic rings. The van der Waals surface area contributed by atoms with E-state index >= 15 is 0 Å². The Labute approximate surface area is 136 Å². The van der Waals surface area contributed by atoms with E-state index in [0.29, 0.717) is 6.42 Å². The van der Waals surface area contributed by atoms with Gasteiger partial charge >= 0.3 is 5.97 Å². The summed E-state index contributed by atoms with van der Waals surface area (Å²) >= 11 is 1.67. The number of carbonyl (C=O) groups is 2. The number of thioether (sulfide) groups is 1. The van der Waals surface area contributed by atoms with Gasteiger partial charge in [-0.1, -0.05) is 6.07 Å². The summed E-state index contributed by atoms with van der Waals surface area (Å²) in [6.07, 6.45) is 2.67. The normalized spacial score (nSPS) is 11.8. The first kappa shape index (κ1) is 18.5. The number of nitrogens with one attached hydrogen (secondary N) is 1. The van der Waals surface area contributed by atoms with Crippen molar-refractivity contribution in [3.63, 3.8) is 0 Å². The summed E-state index contributed by atoms with van der Waals surface area (Å²) in [6, 6.07) is 5.47. The number of methoxy groups -OCH3 is 1. The predicted octanol–water partition coefficient (Wildman–Crippen LogP) is 1.10. The summed E-state index contributed by atoms with van der Waals surface area (Å²) in [7, 11) is 1.37. The third-order valence-electron chi connectivity index (χ3n) is 3.52. The molecule has 3 N–H and O–H groups in total. The van der Waals surface area contributed by atoms with E-state index in [1.54, 1.807) is 17.1 Å². The number of anilines is 1. The van der Waals surface area contributed by atoms with Crippen LogP contribution in [0, 0.1) is 13.8 Å². The van der Waals surface area contributed by atoms with Crippen molar-refractivity contribution in [3.05, 3.63) is 29.3 Å². The Morgan fingerprint density at radius 3 is 2.64 bits per heavy atom. The van der Waals surface area contributed by atoms with Crippen molar-refractivity contribution in [2.24, 2.45) is 0 Å². The van der Waals surface area contributed by atoms with E-state index in [0.717, 1.165) is 17.0 Å². The topological polar surface area (TPSA) is 72.0 Å². The lowest BCUT2D eigenvalue weighted by Crippen LogP contribution is -2.93. The standard InChI is InChI=1S/C16H24N2O3S/c1-11-5-6-13(9-12(11)2)18-15(19)10-17-14(7-8-22-4)16(20)21-3/h5-6,9,14,17H,7-8,10H2,1-4H3,(H,18,19)/p+1/t14-/m0/s1. The van der Waals surface area contributed by atoms with Crippen LogP contribution in [-0.4, -0.2) is 43.6 Å². The second kappa shape index (κ2) is 9.48. The maximum absolute atomic E-state index is 12.0. The van der Waals surface area contributed by atoms with E-state index in [4.69, 9.17) is 4.74 Å². The van der Waals surface area contributed by atoms with E-state index < -0.39 is 0 Å². The lowest BCUT2D eigenvalue weighted by molar-refractivity contribution is -0.667. The fourth-order valence-corrected chi connectivity index (χ4v) is 2.50. The Balaban J connectivity index is 2.52. The van der Waals surface area contributed by atoms with Crippen LogP contribution in [0.3, 0.4) is 0 Å². The molecule has 0 saturated carbocycles. The van der Waals surface area contributed by atoms with Crippen LogP contribution in [0.4, 0.5) is 5.69 Å². The number of ether oxygens (including phenoxy) is 1. The number of hydrogen-bond acceptors (Lipinski definition) is 4. The monoisotopic (exact) mass is 325 g/mol. The van der Waals surface area contributed by atoms with Crippen molar-refractivity contribution in [2.45, 2.75) is 26.3 Å². The lowest BCUT2D eigenvalue weighted by Gasteiger charge is -2.13. The summed E-state index contributed by atoms with van der Waals surface area (Å²) in [5, 5.41) is 4.59. The zero-order valence-corrected chi connectivity index (χ0v) is 14.5. The highest BCUT2D eigenvalue weighted by molar-refractivity contribution is 7.98. The molecule has 0 aliphatic heterocycles. The number of quaternary nitrogens is 1. The Hall–Kier alpha value is -1.53. The molecule has 122 valence electrons. The zero-order valence-electron chi connectivity index (χ0n) is 13.6. The molecule has 0 unspecified atom stereocenters. The molecular formula is C16H25N2O3S+. The van der Waals surface area contributed by atoms with Crippen LogP contribution in [0.5, 0.6) is 0 Å². The van der Waals surface area contributed by atoms with Gasteiger partial charge in [0, 0.05) is 12.1 Å². The summed E-state index contributed by atoms with van der Waals surface area (Å²) in [5.41, 5.74) is 3.10. The quantitative estimate of drug-likeness (QED) is 0.702. The first-order valence-electron chi connectivity index (χ1n) is 7.25. The van der Waals surface area contributed by atoms with Crippen LogP contribution in [0.2, 0.25) is 0 Å². The number of amides is 1. The molecule has 22 heavy (non-hydrogen) atoms. The van der Waals surface area contributed by atoms with E-state index in [1.165, 1.54) is 12.7 Å². The highest BCUT2D eigenvalue weighted by Crippen LogP contribution is 2.13. The second-order valence-electron chi connectivity index (χ2n) is 5.20. The van der Waals surface area contributed by atoms with Gasteiger partial charge in [0.25, 0.3) is 5.91 Å². The molecule has 1 aromatic carbocycles. The average molecular weight is 325 g/mol. The first-order valence-corrected chi connectivity index (χ1v) is 8.64. The number of esters is 1.